The molecule has 0 spiro atoms. The van der Waals surface area contributed by atoms with Gasteiger partial charge in [-0.15, -0.1) is 0 Å². The van der Waals surface area contributed by atoms with E-state index in [2.05, 4.69) is 4.98 Å². The van der Waals surface area contributed by atoms with E-state index < -0.39 is 47.8 Å². The average molecular weight is 599 g/mol. The number of carbonyl (C=O) groups is 6. The van der Waals surface area contributed by atoms with Crippen molar-refractivity contribution in [3.8, 4) is 5.75 Å². The predicted octanol–water partition coefficient (Wildman–Crippen LogP) is 2.17. The lowest BCUT2D eigenvalue weighted by Gasteiger charge is -2.39. The number of piperazine rings is 1. The molecule has 2 aromatic rings. The number of benzene rings is 1. The Morgan fingerprint density at radius 1 is 1.05 bits per heavy atom. The number of carbonyl (C=O) groups excluding carboxylic acids is 4. The highest BCUT2D eigenvalue weighted by molar-refractivity contribution is 6.06. The number of carboxylic acid groups (broad SMARTS) is 2. The number of carboxylic acids is 2. The highest BCUT2D eigenvalue weighted by atomic mass is 16.6. The molecule has 1 aliphatic heterocycles. The molecule has 43 heavy (non-hydrogen) atoms. The number of nitrogens with two attached hydrogens (primary N) is 1. The quantitative estimate of drug-likeness (QED) is 0.319. The Morgan fingerprint density at radius 3 is 2.21 bits per heavy atom. The molecule has 4 rings (SSSR count). The van der Waals surface area contributed by atoms with Gasteiger partial charge in [0, 0.05) is 43.5 Å². The molecule has 1 saturated carbocycles. The first-order valence-electron chi connectivity index (χ1n) is 14.0. The second kappa shape index (κ2) is 12.6. The number of primary amides is 1. The van der Waals surface area contributed by atoms with Gasteiger partial charge in [-0.25, -0.2) is 9.59 Å². The van der Waals surface area contributed by atoms with Crippen LogP contribution in [0.2, 0.25) is 0 Å². The van der Waals surface area contributed by atoms with Gasteiger partial charge in [0.05, 0.1) is 23.7 Å². The Labute approximate surface area is 246 Å². The van der Waals surface area contributed by atoms with E-state index in [1.165, 1.54) is 34.9 Å². The van der Waals surface area contributed by atoms with Crippen LogP contribution in [0.5, 0.6) is 5.75 Å². The molecule has 2 fully saturated rings. The van der Waals surface area contributed by atoms with Gasteiger partial charge in [-0.1, -0.05) is 6.07 Å². The van der Waals surface area contributed by atoms with Crippen molar-refractivity contribution < 1.29 is 48.5 Å². The minimum Gasteiger partial charge on any atom is -0.481 e. The van der Waals surface area contributed by atoms with Crippen molar-refractivity contribution in [2.24, 2.45) is 5.73 Å². The monoisotopic (exact) mass is 598 g/mol. The summed E-state index contributed by atoms with van der Waals surface area (Å²) >= 11 is 0. The lowest BCUT2D eigenvalue weighted by molar-refractivity contribution is -0.163. The van der Waals surface area contributed by atoms with Gasteiger partial charge < -0.3 is 35.2 Å². The molecule has 3 amide bonds. The van der Waals surface area contributed by atoms with Crippen LogP contribution in [0.1, 0.15) is 78.3 Å². The van der Waals surface area contributed by atoms with Gasteiger partial charge in [-0.05, 0) is 51.7 Å². The number of ether oxygens (including phenoxy) is 2. The fourth-order valence-electron chi connectivity index (χ4n) is 5.31. The zero-order chi connectivity index (χ0) is 31.5. The van der Waals surface area contributed by atoms with Crippen molar-refractivity contribution >= 4 is 46.5 Å². The molecule has 230 valence electrons. The number of hydrogen-bond donors (Lipinski definition) is 3. The van der Waals surface area contributed by atoms with Gasteiger partial charge in [0.15, 0.2) is 5.78 Å². The van der Waals surface area contributed by atoms with E-state index in [0.717, 1.165) is 0 Å². The SMILES string of the molecule is CCOC(=O)N1CCN(C(=O)C(CCC(=O)O)c2nc3cc(C(C)=O)ccc3c(OC3(C(=O)O)CCC3)c2C(N)=O)CC1. The first-order chi connectivity index (χ1) is 20.4. The molecular formula is C29H34N4O10. The number of fused-ring (bicyclic) bond motifs is 1. The molecule has 1 aliphatic carbocycles. The Hall–Kier alpha value is -4.75. The number of aromatic nitrogens is 1. The maximum Gasteiger partial charge on any atom is 0.409 e. The molecule has 1 aromatic heterocycles. The summed E-state index contributed by atoms with van der Waals surface area (Å²) in [5.74, 6) is -5.79. The van der Waals surface area contributed by atoms with Gasteiger partial charge in [0.25, 0.3) is 5.91 Å². The first-order valence-corrected chi connectivity index (χ1v) is 14.0. The zero-order valence-corrected chi connectivity index (χ0v) is 24.0. The standard InChI is InChI=1S/C29H34N4O10/c1-3-42-28(41)33-13-11-32(12-14-33)26(38)19(7-8-21(35)36)23-22(25(30)37)24(43-29(27(39)40)9-4-10-29)18-6-5-17(16(2)34)15-20(18)31-23/h5-6,15,19H,3-4,7-14H2,1-2H3,(H2,30,37)(H,35,36)(H,39,40). The molecule has 14 heteroatoms. The van der Waals surface area contributed by atoms with Gasteiger partial charge in [0.1, 0.15) is 11.3 Å². The summed E-state index contributed by atoms with van der Waals surface area (Å²) in [5.41, 5.74) is 4.10. The fourth-order valence-corrected chi connectivity index (χ4v) is 5.31. The molecule has 1 saturated heterocycles. The van der Waals surface area contributed by atoms with Crippen molar-refractivity contribution in [3.63, 3.8) is 0 Å². The summed E-state index contributed by atoms with van der Waals surface area (Å²) in [6, 6.07) is 4.39. The Bertz CT molecular complexity index is 1480. The van der Waals surface area contributed by atoms with Crippen LogP contribution in [-0.2, 0) is 19.1 Å². The summed E-state index contributed by atoms with van der Waals surface area (Å²) in [6.07, 6.45) is -0.342. The van der Waals surface area contributed by atoms with Gasteiger partial charge in [-0.2, -0.15) is 0 Å². The number of rotatable bonds is 11. The third-order valence-corrected chi connectivity index (χ3v) is 7.86. The van der Waals surface area contributed by atoms with Crippen LogP contribution in [0.15, 0.2) is 18.2 Å². The van der Waals surface area contributed by atoms with Crippen LogP contribution in [0.25, 0.3) is 10.9 Å². The van der Waals surface area contributed by atoms with Crippen LogP contribution < -0.4 is 10.5 Å². The summed E-state index contributed by atoms with van der Waals surface area (Å²) in [5, 5.41) is 19.7. The van der Waals surface area contributed by atoms with Gasteiger partial charge >= 0.3 is 18.0 Å². The second-order valence-electron chi connectivity index (χ2n) is 10.6. The normalized spacial score (nSPS) is 16.6. The second-order valence-corrected chi connectivity index (χ2v) is 10.6. The van der Waals surface area contributed by atoms with E-state index >= 15 is 0 Å². The number of pyridine rings is 1. The Morgan fingerprint density at radius 2 is 1.70 bits per heavy atom. The van der Waals surface area contributed by atoms with E-state index in [1.54, 1.807) is 6.92 Å². The molecular weight excluding hydrogens is 564 g/mol. The van der Waals surface area contributed by atoms with Crippen molar-refractivity contribution in [1.82, 2.24) is 14.8 Å². The molecule has 1 unspecified atom stereocenters. The van der Waals surface area contributed by atoms with Crippen LogP contribution in [-0.4, -0.2) is 99.0 Å². The number of ketones is 1. The van der Waals surface area contributed by atoms with Crippen molar-refractivity contribution in [3.05, 3.63) is 35.0 Å². The Kier molecular flexibility index (Phi) is 9.16. The average Bonchev–Trinajstić information content (AvgIpc) is 2.93. The highest BCUT2D eigenvalue weighted by Gasteiger charge is 2.48. The molecule has 1 atom stereocenters. The van der Waals surface area contributed by atoms with Crippen LogP contribution in [0, 0.1) is 0 Å². The fraction of sp³-hybridized carbons (Fsp3) is 0.483. The van der Waals surface area contributed by atoms with E-state index in [9.17, 15) is 39.0 Å². The van der Waals surface area contributed by atoms with Crippen LogP contribution in [0.4, 0.5) is 4.79 Å². The minimum atomic E-state index is -1.64. The van der Waals surface area contributed by atoms with E-state index in [-0.39, 0.29) is 91.3 Å². The lowest BCUT2D eigenvalue weighted by Crippen LogP contribution is -2.52. The molecule has 1 aromatic carbocycles. The maximum absolute atomic E-state index is 14.0. The minimum absolute atomic E-state index is 0.112. The summed E-state index contributed by atoms with van der Waals surface area (Å²) in [7, 11) is 0. The van der Waals surface area contributed by atoms with E-state index in [4.69, 9.17) is 15.2 Å². The van der Waals surface area contributed by atoms with Gasteiger partial charge in [0.2, 0.25) is 11.5 Å². The third-order valence-electron chi connectivity index (χ3n) is 7.86. The predicted molar refractivity (Wildman–Crippen MR) is 150 cm³/mol. The Balaban J connectivity index is 1.86. The van der Waals surface area contributed by atoms with E-state index in [1.807, 2.05) is 0 Å². The van der Waals surface area contributed by atoms with Crippen molar-refractivity contribution in [1.29, 1.82) is 0 Å². The molecule has 2 aliphatic rings. The summed E-state index contributed by atoms with van der Waals surface area (Å²) in [6.45, 7) is 3.78. The number of aliphatic carboxylic acids is 2. The zero-order valence-electron chi connectivity index (χ0n) is 24.0. The van der Waals surface area contributed by atoms with Crippen molar-refractivity contribution in [2.75, 3.05) is 32.8 Å². The summed E-state index contributed by atoms with van der Waals surface area (Å²) < 4.78 is 11.1. The molecule has 4 N–H and O–H groups in total. The van der Waals surface area contributed by atoms with Gasteiger partial charge in [-0.3, -0.25) is 24.2 Å². The number of amides is 3. The van der Waals surface area contributed by atoms with Crippen LogP contribution in [0.3, 0.4) is 0 Å². The van der Waals surface area contributed by atoms with Crippen molar-refractivity contribution in [2.45, 2.75) is 57.5 Å². The molecule has 14 nitrogen and oxygen atoms in total. The summed E-state index contributed by atoms with van der Waals surface area (Å²) in [4.78, 5) is 82.7. The third kappa shape index (κ3) is 6.37. The lowest BCUT2D eigenvalue weighted by atomic mass is 9.80. The molecule has 2 heterocycles. The van der Waals surface area contributed by atoms with E-state index in [0.29, 0.717) is 6.42 Å². The molecule has 0 radical (unpaired) electrons. The molecule has 0 bridgehead atoms. The van der Waals surface area contributed by atoms with Crippen LogP contribution >= 0.6 is 0 Å². The highest BCUT2D eigenvalue weighted by Crippen LogP contribution is 2.43. The topological polar surface area (TPSA) is 207 Å². The number of hydrogen-bond acceptors (Lipinski definition) is 9. The number of nitrogens with zero attached hydrogens (tertiary/aromatic N) is 3. The smallest absolute Gasteiger partial charge is 0.409 e. The largest absolute Gasteiger partial charge is 0.481 e. The maximum atomic E-state index is 14.0. The first kappa shape index (κ1) is 31.2. The number of Topliss-reactive ketones (excluding diaryl/α,β-unsaturated/α-hetero) is 1.